The summed E-state index contributed by atoms with van der Waals surface area (Å²) in [4.78, 5) is 4.62. The first-order valence-electron chi connectivity index (χ1n) is 5.06. The molecule has 1 aromatic carbocycles. The molecule has 1 aromatic heterocycles. The van der Waals surface area contributed by atoms with E-state index in [1.807, 2.05) is 18.2 Å². The number of halogens is 3. The molecule has 0 aliphatic rings. The molecule has 84 valence electrons. The van der Waals surface area contributed by atoms with Gasteiger partial charge in [-0.2, -0.15) is 0 Å². The van der Waals surface area contributed by atoms with Gasteiger partial charge in [0.2, 0.25) is 0 Å². The van der Waals surface area contributed by atoms with Crippen LogP contribution in [0.25, 0.3) is 10.9 Å². The third-order valence-corrected chi connectivity index (χ3v) is 3.97. The Morgan fingerprint density at radius 1 is 1.25 bits per heavy atom. The molecule has 0 N–H and O–H groups in total. The molecule has 0 aliphatic carbocycles. The normalized spacial score (nSPS) is 11.0. The topological polar surface area (TPSA) is 12.9 Å². The number of aryl methyl sites for hydroxylation is 1. The molecule has 0 spiro atoms. The van der Waals surface area contributed by atoms with Crippen LogP contribution in [0.2, 0.25) is 5.02 Å². The number of aromatic nitrogens is 1. The maximum absolute atomic E-state index is 6.28. The summed E-state index contributed by atoms with van der Waals surface area (Å²) >= 11 is 13.3. The first-order chi connectivity index (χ1) is 7.63. The van der Waals surface area contributed by atoms with E-state index in [4.69, 9.17) is 11.6 Å². The van der Waals surface area contributed by atoms with Gasteiger partial charge in [0, 0.05) is 20.0 Å². The Labute approximate surface area is 116 Å². The molecule has 1 nitrogen and oxygen atoms in total. The van der Waals surface area contributed by atoms with Gasteiger partial charge in [-0.25, -0.2) is 0 Å². The van der Waals surface area contributed by atoms with Gasteiger partial charge in [0.05, 0.1) is 10.5 Å². The van der Waals surface area contributed by atoms with Crippen LogP contribution in [0.3, 0.4) is 0 Å². The van der Waals surface area contributed by atoms with Crippen LogP contribution in [0.4, 0.5) is 0 Å². The van der Waals surface area contributed by atoms with Gasteiger partial charge >= 0.3 is 0 Å². The predicted octanol–water partition coefficient (Wildman–Crippen LogP) is 5.37. The Hall–Kier alpha value is -0.120. The molecule has 16 heavy (non-hydrogen) atoms. The molecule has 0 atom stereocenters. The minimum Gasteiger partial charge on any atom is -0.252 e. The number of benzene rings is 1. The molecule has 4 heteroatoms. The number of hydrogen-bond acceptors (Lipinski definition) is 1. The molecule has 0 amide bonds. The van der Waals surface area contributed by atoms with Gasteiger partial charge < -0.3 is 0 Å². The Morgan fingerprint density at radius 3 is 2.62 bits per heavy atom. The molecule has 1 heterocycles. The minimum absolute atomic E-state index is 0.752. The summed E-state index contributed by atoms with van der Waals surface area (Å²) < 4.78 is 1.96. The van der Waals surface area contributed by atoms with Crippen LogP contribution in [-0.4, -0.2) is 4.98 Å². The van der Waals surface area contributed by atoms with Crippen molar-refractivity contribution in [3.63, 3.8) is 0 Å². The van der Waals surface area contributed by atoms with Crippen molar-refractivity contribution in [1.29, 1.82) is 0 Å². The van der Waals surface area contributed by atoms with Crippen LogP contribution in [0, 0.1) is 0 Å². The maximum atomic E-state index is 6.28. The van der Waals surface area contributed by atoms with Crippen LogP contribution in [0.1, 0.15) is 19.0 Å². The summed E-state index contributed by atoms with van der Waals surface area (Å²) in [6, 6.07) is 5.90. The smallest absolute Gasteiger partial charge is 0.0873 e. The van der Waals surface area contributed by atoms with E-state index in [-0.39, 0.29) is 0 Å². The van der Waals surface area contributed by atoms with Crippen LogP contribution in [-0.2, 0) is 6.42 Å². The van der Waals surface area contributed by atoms with E-state index < -0.39 is 0 Å². The highest BCUT2D eigenvalue weighted by Gasteiger charge is 2.09. The average Bonchev–Trinajstić information content (AvgIpc) is 2.23. The van der Waals surface area contributed by atoms with E-state index in [0.717, 1.165) is 43.4 Å². The van der Waals surface area contributed by atoms with Crippen molar-refractivity contribution in [2.75, 3.05) is 0 Å². The third kappa shape index (κ3) is 2.27. The van der Waals surface area contributed by atoms with Crippen molar-refractivity contribution in [3.8, 4) is 0 Å². The second-order valence-electron chi connectivity index (χ2n) is 3.60. The Balaban J connectivity index is 2.76. The van der Waals surface area contributed by atoms with Crippen molar-refractivity contribution in [3.05, 3.63) is 37.9 Å². The fourth-order valence-corrected chi connectivity index (χ4v) is 3.04. The van der Waals surface area contributed by atoms with Crippen molar-refractivity contribution >= 4 is 54.4 Å². The highest BCUT2D eigenvalue weighted by Crippen LogP contribution is 2.34. The lowest BCUT2D eigenvalue weighted by Crippen LogP contribution is -1.92. The largest absolute Gasteiger partial charge is 0.252 e. The fourth-order valence-electron chi connectivity index (χ4n) is 1.66. The molecule has 0 fully saturated rings. The summed E-state index contributed by atoms with van der Waals surface area (Å²) in [5.74, 6) is 0. The SMILES string of the molecule is CCCc1cc(Cl)c2c(Br)ccc(Br)c2n1. The van der Waals surface area contributed by atoms with Crippen LogP contribution >= 0.6 is 43.5 Å². The zero-order valence-electron chi connectivity index (χ0n) is 8.73. The minimum atomic E-state index is 0.752. The Bertz CT molecular complexity index is 540. The molecule has 0 radical (unpaired) electrons. The molecular weight excluding hydrogens is 353 g/mol. The van der Waals surface area contributed by atoms with Gasteiger partial charge in [-0.05, 0) is 40.5 Å². The van der Waals surface area contributed by atoms with E-state index in [2.05, 4.69) is 43.8 Å². The monoisotopic (exact) mass is 361 g/mol. The van der Waals surface area contributed by atoms with E-state index in [0.29, 0.717) is 0 Å². The van der Waals surface area contributed by atoms with E-state index in [1.165, 1.54) is 0 Å². The van der Waals surface area contributed by atoms with Gasteiger partial charge in [-0.3, -0.25) is 4.98 Å². The van der Waals surface area contributed by atoms with Crippen LogP contribution < -0.4 is 0 Å². The highest BCUT2D eigenvalue weighted by molar-refractivity contribution is 9.11. The highest BCUT2D eigenvalue weighted by atomic mass is 79.9. The summed E-state index contributed by atoms with van der Waals surface area (Å²) in [7, 11) is 0. The first-order valence-corrected chi connectivity index (χ1v) is 7.03. The van der Waals surface area contributed by atoms with E-state index in [1.54, 1.807) is 0 Å². The molecule has 2 aromatic rings. The number of nitrogens with zero attached hydrogens (tertiary/aromatic N) is 1. The quantitative estimate of drug-likeness (QED) is 0.699. The standard InChI is InChI=1S/C12H10Br2ClN/c1-2-3-7-6-10(15)11-8(13)4-5-9(14)12(11)16-7/h4-6H,2-3H2,1H3. The Kier molecular flexibility index (Phi) is 3.88. The summed E-state index contributed by atoms with van der Waals surface area (Å²) in [6.45, 7) is 2.13. The predicted molar refractivity (Wildman–Crippen MR) is 76.1 cm³/mol. The molecular formula is C12H10Br2ClN. The van der Waals surface area contributed by atoms with Gasteiger partial charge in [0.15, 0.2) is 0 Å². The molecule has 0 bridgehead atoms. The molecule has 2 rings (SSSR count). The van der Waals surface area contributed by atoms with E-state index in [9.17, 15) is 0 Å². The Morgan fingerprint density at radius 2 is 1.94 bits per heavy atom. The van der Waals surface area contributed by atoms with Crippen molar-refractivity contribution in [1.82, 2.24) is 4.98 Å². The van der Waals surface area contributed by atoms with Gasteiger partial charge in [-0.15, -0.1) is 0 Å². The lowest BCUT2D eigenvalue weighted by Gasteiger charge is -2.07. The lowest BCUT2D eigenvalue weighted by atomic mass is 10.1. The zero-order chi connectivity index (χ0) is 11.7. The third-order valence-electron chi connectivity index (χ3n) is 2.37. The van der Waals surface area contributed by atoms with Crippen LogP contribution in [0.5, 0.6) is 0 Å². The molecule has 0 saturated carbocycles. The lowest BCUT2D eigenvalue weighted by molar-refractivity contribution is 0.889. The molecule has 0 unspecified atom stereocenters. The second kappa shape index (κ2) is 5.03. The first kappa shape index (κ1) is 12.3. The second-order valence-corrected chi connectivity index (χ2v) is 5.71. The number of pyridine rings is 1. The zero-order valence-corrected chi connectivity index (χ0v) is 12.7. The number of rotatable bonds is 2. The maximum Gasteiger partial charge on any atom is 0.0873 e. The number of hydrogen-bond donors (Lipinski definition) is 0. The van der Waals surface area contributed by atoms with Gasteiger partial charge in [-0.1, -0.05) is 40.9 Å². The summed E-state index contributed by atoms with van der Waals surface area (Å²) in [6.07, 6.45) is 2.02. The van der Waals surface area contributed by atoms with Crippen LogP contribution in [0.15, 0.2) is 27.1 Å². The summed E-state index contributed by atoms with van der Waals surface area (Å²) in [5.41, 5.74) is 1.96. The van der Waals surface area contributed by atoms with Gasteiger partial charge in [0.25, 0.3) is 0 Å². The fraction of sp³-hybridized carbons (Fsp3) is 0.250. The van der Waals surface area contributed by atoms with E-state index >= 15 is 0 Å². The van der Waals surface area contributed by atoms with Crippen molar-refractivity contribution < 1.29 is 0 Å². The molecule has 0 saturated heterocycles. The van der Waals surface area contributed by atoms with Gasteiger partial charge in [0.1, 0.15) is 0 Å². The average molecular weight is 363 g/mol. The molecule has 0 aliphatic heterocycles. The summed E-state index contributed by atoms with van der Waals surface area (Å²) in [5, 5.41) is 1.72. The van der Waals surface area contributed by atoms with Crippen molar-refractivity contribution in [2.45, 2.75) is 19.8 Å². The number of fused-ring (bicyclic) bond motifs is 1. The van der Waals surface area contributed by atoms with Crippen molar-refractivity contribution in [2.24, 2.45) is 0 Å².